The molecule has 4 heteroatoms. The Kier molecular flexibility index (Phi) is 4.08. The first kappa shape index (κ1) is 12.7. The molecule has 0 aromatic carbocycles. The van der Waals surface area contributed by atoms with Crippen LogP contribution >= 0.6 is 0 Å². The van der Waals surface area contributed by atoms with Gasteiger partial charge in [0.2, 0.25) is 0 Å². The van der Waals surface area contributed by atoms with Crippen LogP contribution in [-0.4, -0.2) is 16.1 Å². The standard InChI is InChI=1S/C12H20N4/c1-10(2)16-9-15-6-11(16)5-14-8-12(3,4)7-13/h6,9-10,14H,5,8H2,1-4H3. The van der Waals surface area contributed by atoms with Crippen molar-refractivity contribution in [3.05, 3.63) is 18.2 Å². The van der Waals surface area contributed by atoms with Crippen molar-refractivity contribution in [2.45, 2.75) is 40.3 Å². The molecule has 0 radical (unpaired) electrons. The molecule has 0 fully saturated rings. The smallest absolute Gasteiger partial charge is 0.0951 e. The van der Waals surface area contributed by atoms with E-state index in [0.29, 0.717) is 12.6 Å². The van der Waals surface area contributed by atoms with E-state index in [0.717, 1.165) is 12.2 Å². The van der Waals surface area contributed by atoms with E-state index in [1.807, 2.05) is 26.4 Å². The Morgan fingerprint density at radius 3 is 2.81 bits per heavy atom. The molecule has 0 amide bonds. The maximum atomic E-state index is 8.89. The first-order valence-electron chi connectivity index (χ1n) is 5.59. The summed E-state index contributed by atoms with van der Waals surface area (Å²) in [7, 11) is 0. The van der Waals surface area contributed by atoms with E-state index >= 15 is 0 Å². The van der Waals surface area contributed by atoms with Crippen molar-refractivity contribution in [3.8, 4) is 6.07 Å². The van der Waals surface area contributed by atoms with Gasteiger partial charge in [-0.25, -0.2) is 4.98 Å². The van der Waals surface area contributed by atoms with Crippen molar-refractivity contribution >= 4 is 0 Å². The van der Waals surface area contributed by atoms with Gasteiger partial charge in [0.05, 0.1) is 23.5 Å². The zero-order valence-electron chi connectivity index (χ0n) is 10.5. The maximum absolute atomic E-state index is 8.89. The third-order valence-electron chi connectivity index (χ3n) is 2.48. The van der Waals surface area contributed by atoms with Crippen LogP contribution in [0.15, 0.2) is 12.5 Å². The van der Waals surface area contributed by atoms with Crippen molar-refractivity contribution in [1.29, 1.82) is 5.26 Å². The van der Waals surface area contributed by atoms with E-state index in [2.05, 4.69) is 34.8 Å². The number of aromatic nitrogens is 2. The van der Waals surface area contributed by atoms with Crippen LogP contribution in [0.2, 0.25) is 0 Å². The number of hydrogen-bond acceptors (Lipinski definition) is 3. The number of imidazole rings is 1. The van der Waals surface area contributed by atoms with Gasteiger partial charge in [0, 0.05) is 25.3 Å². The van der Waals surface area contributed by atoms with Crippen LogP contribution in [-0.2, 0) is 6.54 Å². The third-order valence-corrected chi connectivity index (χ3v) is 2.48. The van der Waals surface area contributed by atoms with Crippen molar-refractivity contribution in [2.75, 3.05) is 6.54 Å². The highest BCUT2D eigenvalue weighted by Crippen LogP contribution is 2.12. The molecule has 0 aliphatic carbocycles. The lowest BCUT2D eigenvalue weighted by Gasteiger charge is -2.17. The molecule has 0 unspecified atom stereocenters. The summed E-state index contributed by atoms with van der Waals surface area (Å²) in [5.41, 5.74) is 0.839. The minimum atomic E-state index is -0.317. The van der Waals surface area contributed by atoms with Crippen LogP contribution in [0.25, 0.3) is 0 Å². The molecule has 1 heterocycles. The molecule has 1 N–H and O–H groups in total. The Balaban J connectivity index is 2.50. The number of rotatable bonds is 5. The van der Waals surface area contributed by atoms with E-state index in [9.17, 15) is 0 Å². The summed E-state index contributed by atoms with van der Waals surface area (Å²) in [6.07, 6.45) is 3.71. The predicted molar refractivity (Wildman–Crippen MR) is 63.7 cm³/mol. The molecule has 0 aliphatic rings. The van der Waals surface area contributed by atoms with Gasteiger partial charge in [-0.2, -0.15) is 5.26 Å². The Morgan fingerprint density at radius 1 is 1.56 bits per heavy atom. The largest absolute Gasteiger partial charge is 0.331 e. The van der Waals surface area contributed by atoms with Crippen molar-refractivity contribution < 1.29 is 0 Å². The summed E-state index contributed by atoms with van der Waals surface area (Å²) >= 11 is 0. The van der Waals surface area contributed by atoms with E-state index in [4.69, 9.17) is 5.26 Å². The second kappa shape index (κ2) is 5.13. The summed E-state index contributed by atoms with van der Waals surface area (Å²) < 4.78 is 2.13. The van der Waals surface area contributed by atoms with Crippen molar-refractivity contribution in [2.24, 2.45) is 5.41 Å². The van der Waals surface area contributed by atoms with Crippen LogP contribution in [0.4, 0.5) is 0 Å². The molecule has 1 aromatic rings. The summed E-state index contributed by atoms with van der Waals surface area (Å²) in [5.74, 6) is 0. The van der Waals surface area contributed by atoms with Gasteiger partial charge < -0.3 is 9.88 Å². The fraction of sp³-hybridized carbons (Fsp3) is 0.667. The zero-order valence-corrected chi connectivity index (χ0v) is 10.5. The molecule has 0 atom stereocenters. The molecular formula is C12H20N4. The summed E-state index contributed by atoms with van der Waals surface area (Å²) in [6.45, 7) is 9.56. The zero-order chi connectivity index (χ0) is 12.2. The average molecular weight is 220 g/mol. The fourth-order valence-corrected chi connectivity index (χ4v) is 1.48. The van der Waals surface area contributed by atoms with Crippen LogP contribution < -0.4 is 5.32 Å². The van der Waals surface area contributed by atoms with Crippen LogP contribution in [0.5, 0.6) is 0 Å². The number of nitrogens with zero attached hydrogens (tertiary/aromatic N) is 3. The molecule has 0 bridgehead atoms. The van der Waals surface area contributed by atoms with Crippen molar-refractivity contribution in [1.82, 2.24) is 14.9 Å². The van der Waals surface area contributed by atoms with Gasteiger partial charge in [-0.05, 0) is 27.7 Å². The number of hydrogen-bond donors (Lipinski definition) is 1. The monoisotopic (exact) mass is 220 g/mol. The maximum Gasteiger partial charge on any atom is 0.0951 e. The molecule has 16 heavy (non-hydrogen) atoms. The Labute approximate surface area is 97.3 Å². The van der Waals surface area contributed by atoms with Crippen molar-refractivity contribution in [3.63, 3.8) is 0 Å². The van der Waals surface area contributed by atoms with E-state index in [1.165, 1.54) is 0 Å². The molecule has 88 valence electrons. The van der Waals surface area contributed by atoms with Crippen LogP contribution in [0, 0.1) is 16.7 Å². The highest BCUT2D eigenvalue weighted by atomic mass is 15.1. The van der Waals surface area contributed by atoms with Gasteiger partial charge >= 0.3 is 0 Å². The Hall–Kier alpha value is -1.34. The second-order valence-corrected chi connectivity index (χ2v) is 4.99. The molecule has 4 nitrogen and oxygen atoms in total. The van der Waals surface area contributed by atoms with E-state index in [-0.39, 0.29) is 5.41 Å². The molecule has 0 saturated heterocycles. The molecule has 1 rings (SSSR count). The highest BCUT2D eigenvalue weighted by Gasteiger charge is 2.16. The topological polar surface area (TPSA) is 53.6 Å². The van der Waals surface area contributed by atoms with Gasteiger partial charge in [-0.3, -0.25) is 0 Å². The van der Waals surface area contributed by atoms with Gasteiger partial charge in [0.15, 0.2) is 0 Å². The number of nitrogens with one attached hydrogen (secondary N) is 1. The van der Waals surface area contributed by atoms with E-state index in [1.54, 1.807) is 0 Å². The normalized spacial score (nSPS) is 11.8. The Morgan fingerprint density at radius 2 is 2.25 bits per heavy atom. The van der Waals surface area contributed by atoms with Gasteiger partial charge in [-0.15, -0.1) is 0 Å². The van der Waals surface area contributed by atoms with Crippen LogP contribution in [0.1, 0.15) is 39.4 Å². The lowest BCUT2D eigenvalue weighted by Crippen LogP contribution is -2.28. The Bertz CT molecular complexity index is 371. The summed E-state index contributed by atoms with van der Waals surface area (Å²) in [5, 5.41) is 12.2. The quantitative estimate of drug-likeness (QED) is 0.826. The fourth-order valence-electron chi connectivity index (χ4n) is 1.48. The molecule has 0 spiro atoms. The van der Waals surface area contributed by atoms with Gasteiger partial charge in [-0.1, -0.05) is 0 Å². The molecule has 0 saturated carbocycles. The van der Waals surface area contributed by atoms with Gasteiger partial charge in [0.1, 0.15) is 0 Å². The van der Waals surface area contributed by atoms with Gasteiger partial charge in [0.25, 0.3) is 0 Å². The minimum Gasteiger partial charge on any atom is -0.331 e. The second-order valence-electron chi connectivity index (χ2n) is 4.99. The summed E-state index contributed by atoms with van der Waals surface area (Å²) in [4.78, 5) is 4.14. The lowest BCUT2D eigenvalue weighted by molar-refractivity contribution is 0.436. The first-order valence-corrected chi connectivity index (χ1v) is 5.59. The summed E-state index contributed by atoms with van der Waals surface area (Å²) in [6, 6.07) is 2.69. The van der Waals surface area contributed by atoms with Crippen LogP contribution in [0.3, 0.4) is 0 Å². The number of nitriles is 1. The SMILES string of the molecule is CC(C)n1cncc1CNCC(C)(C)C#N. The molecule has 0 aliphatic heterocycles. The molecular weight excluding hydrogens is 200 g/mol. The molecule has 1 aromatic heterocycles. The minimum absolute atomic E-state index is 0.317. The highest BCUT2D eigenvalue weighted by molar-refractivity contribution is 5.00. The lowest BCUT2D eigenvalue weighted by atomic mass is 9.96. The predicted octanol–water partition coefficient (Wildman–Crippen LogP) is 2.10. The van der Waals surface area contributed by atoms with E-state index < -0.39 is 0 Å². The third kappa shape index (κ3) is 3.35. The first-order chi connectivity index (χ1) is 7.46. The average Bonchev–Trinajstić information content (AvgIpc) is 2.66.